The summed E-state index contributed by atoms with van der Waals surface area (Å²) in [6.07, 6.45) is 0. The van der Waals surface area contributed by atoms with Crippen molar-refractivity contribution in [1.82, 2.24) is 4.31 Å². The van der Waals surface area contributed by atoms with Crippen LogP contribution in [-0.2, 0) is 19.6 Å². The van der Waals surface area contributed by atoms with Crippen LogP contribution in [0.4, 0.5) is 5.69 Å². The number of hydrogen-bond acceptors (Lipinski definition) is 6. The Morgan fingerprint density at radius 2 is 1.71 bits per heavy atom. The van der Waals surface area contributed by atoms with E-state index in [1.807, 2.05) is 0 Å². The highest BCUT2D eigenvalue weighted by Crippen LogP contribution is 2.20. The van der Waals surface area contributed by atoms with E-state index in [4.69, 9.17) is 11.5 Å². The molecule has 0 saturated carbocycles. The average Bonchev–Trinajstić information content (AvgIpc) is 2.37. The highest BCUT2D eigenvalue weighted by Gasteiger charge is 2.28. The Hall–Kier alpha value is -2.53. The Kier molecular flexibility index (Phi) is 4.94. The summed E-state index contributed by atoms with van der Waals surface area (Å²) in [5, 5.41) is 10.7. The molecule has 10 nitrogen and oxygen atoms in total. The van der Waals surface area contributed by atoms with Crippen molar-refractivity contribution < 1.29 is 22.9 Å². The van der Waals surface area contributed by atoms with E-state index in [9.17, 15) is 28.1 Å². The zero-order chi connectivity index (χ0) is 16.2. The molecule has 0 unspecified atom stereocenters. The fourth-order valence-corrected chi connectivity index (χ4v) is 2.89. The molecule has 0 saturated heterocycles. The Morgan fingerprint density at radius 1 is 1.19 bits per heavy atom. The van der Waals surface area contributed by atoms with Crippen LogP contribution in [0, 0.1) is 10.1 Å². The third kappa shape index (κ3) is 4.22. The van der Waals surface area contributed by atoms with Crippen molar-refractivity contribution in [1.29, 1.82) is 0 Å². The number of nitro benzene ring substituents is 1. The summed E-state index contributed by atoms with van der Waals surface area (Å²) >= 11 is 0. The normalized spacial score (nSPS) is 11.3. The van der Waals surface area contributed by atoms with Crippen molar-refractivity contribution >= 4 is 27.5 Å². The van der Waals surface area contributed by atoms with Crippen molar-refractivity contribution in [3.63, 3.8) is 0 Å². The number of rotatable bonds is 7. The van der Waals surface area contributed by atoms with Crippen molar-refractivity contribution in [2.75, 3.05) is 13.1 Å². The molecule has 21 heavy (non-hydrogen) atoms. The SMILES string of the molecule is NC(=O)CN(CC(N)=O)S(=O)(=O)c1cccc([N+](=O)[O-])c1. The molecular formula is C10H12N4O6S. The molecule has 0 spiro atoms. The molecule has 0 aliphatic carbocycles. The van der Waals surface area contributed by atoms with Crippen LogP contribution in [0.25, 0.3) is 0 Å². The number of nitro groups is 1. The molecule has 2 amide bonds. The number of sulfonamides is 1. The van der Waals surface area contributed by atoms with Crippen molar-refractivity contribution in [3.8, 4) is 0 Å². The molecule has 1 aromatic carbocycles. The number of carbonyl (C=O) groups excluding carboxylic acids is 2. The highest BCUT2D eigenvalue weighted by atomic mass is 32.2. The van der Waals surface area contributed by atoms with Crippen LogP contribution >= 0.6 is 0 Å². The predicted octanol–water partition coefficient (Wildman–Crippen LogP) is -1.44. The van der Waals surface area contributed by atoms with E-state index in [0.29, 0.717) is 4.31 Å². The van der Waals surface area contributed by atoms with Crippen LogP contribution in [0.15, 0.2) is 29.2 Å². The standard InChI is InChI=1S/C10H12N4O6S/c11-9(15)5-13(6-10(12)16)21(19,20)8-3-1-2-7(4-8)14(17)18/h1-4H,5-6H2,(H2,11,15)(H2,12,16). The number of nitrogens with zero attached hydrogens (tertiary/aromatic N) is 2. The number of amides is 2. The molecule has 0 aromatic heterocycles. The van der Waals surface area contributed by atoms with Gasteiger partial charge < -0.3 is 11.5 Å². The number of carbonyl (C=O) groups is 2. The third-order valence-electron chi connectivity index (χ3n) is 2.33. The van der Waals surface area contributed by atoms with Crippen LogP contribution in [0.2, 0.25) is 0 Å². The lowest BCUT2D eigenvalue weighted by Crippen LogP contribution is -2.43. The van der Waals surface area contributed by atoms with E-state index < -0.39 is 50.4 Å². The summed E-state index contributed by atoms with van der Waals surface area (Å²) in [6, 6.07) is 4.17. The summed E-state index contributed by atoms with van der Waals surface area (Å²) in [5.41, 5.74) is 9.38. The van der Waals surface area contributed by atoms with Crippen LogP contribution in [-0.4, -0.2) is 42.6 Å². The average molecular weight is 316 g/mol. The van der Waals surface area contributed by atoms with Crippen molar-refractivity contribution in [3.05, 3.63) is 34.4 Å². The molecule has 0 heterocycles. The van der Waals surface area contributed by atoms with Crippen molar-refractivity contribution in [2.45, 2.75) is 4.90 Å². The molecule has 114 valence electrons. The third-order valence-corrected chi connectivity index (χ3v) is 4.12. The van der Waals surface area contributed by atoms with Gasteiger partial charge in [0.15, 0.2) is 0 Å². The lowest BCUT2D eigenvalue weighted by Gasteiger charge is -2.18. The predicted molar refractivity (Wildman–Crippen MR) is 70.2 cm³/mol. The van der Waals surface area contributed by atoms with Gasteiger partial charge in [-0.2, -0.15) is 4.31 Å². The van der Waals surface area contributed by atoms with E-state index in [0.717, 1.165) is 24.3 Å². The summed E-state index contributed by atoms with van der Waals surface area (Å²) in [6.45, 7) is -1.54. The zero-order valence-electron chi connectivity index (χ0n) is 10.6. The first-order valence-electron chi connectivity index (χ1n) is 5.46. The van der Waals surface area contributed by atoms with E-state index >= 15 is 0 Å². The van der Waals surface area contributed by atoms with Gasteiger partial charge in [0.05, 0.1) is 22.9 Å². The summed E-state index contributed by atoms with van der Waals surface area (Å²) in [4.78, 5) is 31.2. The first kappa shape index (κ1) is 16.5. The molecule has 1 aromatic rings. The molecule has 0 radical (unpaired) electrons. The zero-order valence-corrected chi connectivity index (χ0v) is 11.4. The topological polar surface area (TPSA) is 167 Å². The maximum Gasteiger partial charge on any atom is 0.270 e. The second-order valence-corrected chi connectivity index (χ2v) is 5.90. The van der Waals surface area contributed by atoms with Gasteiger partial charge in [0.25, 0.3) is 5.69 Å². The molecule has 0 aliphatic heterocycles. The molecule has 11 heteroatoms. The molecular weight excluding hydrogens is 304 g/mol. The Morgan fingerprint density at radius 3 is 2.14 bits per heavy atom. The molecule has 1 rings (SSSR count). The molecule has 4 N–H and O–H groups in total. The smallest absolute Gasteiger partial charge is 0.270 e. The Balaban J connectivity index is 3.27. The first-order valence-corrected chi connectivity index (χ1v) is 6.90. The molecule has 0 atom stereocenters. The van der Waals surface area contributed by atoms with Gasteiger partial charge in [-0.25, -0.2) is 8.42 Å². The van der Waals surface area contributed by atoms with E-state index in [1.54, 1.807) is 0 Å². The Labute approximate surface area is 119 Å². The monoisotopic (exact) mass is 316 g/mol. The van der Waals surface area contributed by atoms with Crippen LogP contribution < -0.4 is 11.5 Å². The minimum absolute atomic E-state index is 0.445. The molecule has 0 aliphatic rings. The van der Waals surface area contributed by atoms with Gasteiger partial charge in [0.1, 0.15) is 0 Å². The van der Waals surface area contributed by atoms with Gasteiger partial charge in [-0.3, -0.25) is 19.7 Å². The summed E-state index contributed by atoms with van der Waals surface area (Å²) < 4.78 is 25.0. The highest BCUT2D eigenvalue weighted by molar-refractivity contribution is 7.89. The second-order valence-electron chi connectivity index (χ2n) is 3.96. The minimum atomic E-state index is -4.32. The van der Waals surface area contributed by atoms with Crippen LogP contribution in [0.3, 0.4) is 0 Å². The summed E-state index contributed by atoms with van der Waals surface area (Å²) in [7, 11) is -4.32. The van der Waals surface area contributed by atoms with Gasteiger partial charge in [-0.05, 0) is 6.07 Å². The maximum atomic E-state index is 12.3. The van der Waals surface area contributed by atoms with Gasteiger partial charge in [-0.1, -0.05) is 6.07 Å². The van der Waals surface area contributed by atoms with E-state index in [2.05, 4.69) is 0 Å². The fraction of sp³-hybridized carbons (Fsp3) is 0.200. The minimum Gasteiger partial charge on any atom is -0.369 e. The molecule has 0 fully saturated rings. The van der Waals surface area contributed by atoms with E-state index in [1.165, 1.54) is 0 Å². The second kappa shape index (κ2) is 6.28. The number of primary amides is 2. The van der Waals surface area contributed by atoms with Gasteiger partial charge in [0, 0.05) is 12.1 Å². The van der Waals surface area contributed by atoms with Gasteiger partial charge >= 0.3 is 0 Å². The first-order chi connectivity index (χ1) is 9.64. The number of non-ortho nitro benzene ring substituents is 1. The number of benzene rings is 1. The largest absolute Gasteiger partial charge is 0.369 e. The number of nitrogens with two attached hydrogens (primary N) is 2. The van der Waals surface area contributed by atoms with E-state index in [-0.39, 0.29) is 0 Å². The fourth-order valence-electron chi connectivity index (χ4n) is 1.48. The van der Waals surface area contributed by atoms with Crippen LogP contribution in [0.1, 0.15) is 0 Å². The van der Waals surface area contributed by atoms with Crippen molar-refractivity contribution in [2.24, 2.45) is 11.5 Å². The number of hydrogen-bond donors (Lipinski definition) is 2. The van der Waals surface area contributed by atoms with Gasteiger partial charge in [0.2, 0.25) is 21.8 Å². The Bertz CT molecular complexity index is 671. The summed E-state index contributed by atoms with van der Waals surface area (Å²) in [5.74, 6) is -1.99. The maximum absolute atomic E-state index is 12.3. The lowest BCUT2D eigenvalue weighted by atomic mass is 10.3. The van der Waals surface area contributed by atoms with Gasteiger partial charge in [-0.15, -0.1) is 0 Å². The quantitative estimate of drug-likeness (QED) is 0.461. The molecule has 0 bridgehead atoms. The van der Waals surface area contributed by atoms with Crippen LogP contribution in [0.5, 0.6) is 0 Å². The lowest BCUT2D eigenvalue weighted by molar-refractivity contribution is -0.385.